The fraction of sp³-hybridized carbons (Fsp3) is 0.133. The first kappa shape index (κ1) is 21.1. The molecule has 2 amide bonds. The number of rotatable bonds is 2. The van der Waals surface area contributed by atoms with Crippen LogP contribution < -0.4 is 4.90 Å². The molecule has 1 aliphatic heterocycles. The number of nitrogens with zero attached hydrogens (tertiary/aromatic N) is 1. The van der Waals surface area contributed by atoms with Crippen molar-refractivity contribution in [3.63, 3.8) is 0 Å². The molecule has 3 nitrogen and oxygen atoms in total. The maximum Gasteiger partial charge on any atom is 0.239 e. The van der Waals surface area contributed by atoms with Crippen LogP contribution in [0, 0.1) is 11.8 Å². The summed E-state index contributed by atoms with van der Waals surface area (Å²) >= 11 is 10.1. The molecule has 1 fully saturated rings. The molecule has 0 aromatic heterocycles. The average molecular weight is 541 g/mol. The first-order valence-corrected chi connectivity index (χ1v) is 12.8. The van der Waals surface area contributed by atoms with Gasteiger partial charge in [-0.05, 0) is 57.6 Å². The van der Waals surface area contributed by atoms with E-state index in [2.05, 4.69) is 40.2 Å². The number of carbonyl (C=O) groups is 2. The van der Waals surface area contributed by atoms with E-state index < -0.39 is 16.2 Å². The van der Waals surface area contributed by atoms with Crippen LogP contribution in [-0.4, -0.2) is 11.8 Å². The summed E-state index contributed by atoms with van der Waals surface area (Å²) < 4.78 is -0.732. The Bertz CT molecular complexity index is 1480. The Hall–Kier alpha value is -3.21. The summed E-state index contributed by atoms with van der Waals surface area (Å²) in [6, 6.07) is 31.7. The van der Waals surface area contributed by atoms with Gasteiger partial charge in [0.1, 0.15) is 0 Å². The molecule has 3 aliphatic carbocycles. The molecular weight excluding hydrogens is 522 g/mol. The van der Waals surface area contributed by atoms with Crippen molar-refractivity contribution >= 4 is 45.0 Å². The van der Waals surface area contributed by atoms with Gasteiger partial charge in [-0.1, -0.05) is 100 Å². The molecule has 2 atom stereocenters. The lowest BCUT2D eigenvalue weighted by Gasteiger charge is -2.51. The third-order valence-electron chi connectivity index (χ3n) is 7.82. The van der Waals surface area contributed by atoms with Crippen LogP contribution in [-0.2, 0) is 13.9 Å². The SMILES string of the molecule is O=C1[C@@H]2[C@@H](C(=O)N1c1ccc(-c3ccc(Cl)cc3)cc1)C1c3ccccc3C2(Br)c2ccccc21. The molecule has 4 aliphatic rings. The molecule has 8 rings (SSSR count). The number of anilines is 1. The molecular formula is C30H19BrClNO2. The van der Waals surface area contributed by atoms with Crippen molar-refractivity contribution in [2.45, 2.75) is 10.2 Å². The Morgan fingerprint density at radius 3 is 1.77 bits per heavy atom. The summed E-state index contributed by atoms with van der Waals surface area (Å²) in [7, 11) is 0. The van der Waals surface area contributed by atoms with Gasteiger partial charge in [-0.15, -0.1) is 0 Å². The summed E-state index contributed by atoms with van der Waals surface area (Å²) in [6.45, 7) is 0. The van der Waals surface area contributed by atoms with E-state index in [0.29, 0.717) is 10.7 Å². The van der Waals surface area contributed by atoms with Gasteiger partial charge in [0.25, 0.3) is 0 Å². The number of halogens is 2. The Labute approximate surface area is 216 Å². The first-order valence-electron chi connectivity index (χ1n) is 11.6. The average Bonchev–Trinajstić information content (AvgIpc) is 3.16. The summed E-state index contributed by atoms with van der Waals surface area (Å²) in [5.41, 5.74) is 7.07. The molecule has 0 saturated carbocycles. The number of hydrogen-bond acceptors (Lipinski definition) is 2. The van der Waals surface area contributed by atoms with Crippen LogP contribution in [0.15, 0.2) is 97.1 Å². The van der Waals surface area contributed by atoms with Crippen molar-refractivity contribution in [1.82, 2.24) is 0 Å². The highest BCUT2D eigenvalue weighted by atomic mass is 79.9. The molecule has 170 valence electrons. The van der Waals surface area contributed by atoms with E-state index in [1.807, 2.05) is 72.8 Å². The smallest absolute Gasteiger partial charge is 0.239 e. The van der Waals surface area contributed by atoms with Crippen molar-refractivity contribution < 1.29 is 9.59 Å². The summed E-state index contributed by atoms with van der Waals surface area (Å²) in [5.74, 6) is -1.35. The molecule has 2 bridgehead atoms. The van der Waals surface area contributed by atoms with Gasteiger partial charge in [0.15, 0.2) is 0 Å². The topological polar surface area (TPSA) is 37.4 Å². The van der Waals surface area contributed by atoms with Gasteiger partial charge in [0.05, 0.1) is 21.8 Å². The van der Waals surface area contributed by atoms with E-state index in [4.69, 9.17) is 11.6 Å². The fourth-order valence-corrected chi connectivity index (χ4v) is 7.71. The molecule has 35 heavy (non-hydrogen) atoms. The Balaban J connectivity index is 1.34. The second-order valence-electron chi connectivity index (χ2n) is 9.43. The minimum Gasteiger partial charge on any atom is -0.274 e. The molecule has 1 heterocycles. The lowest BCUT2D eigenvalue weighted by molar-refractivity contribution is -0.122. The normalized spacial score (nSPS) is 25.9. The van der Waals surface area contributed by atoms with Gasteiger partial charge in [-0.2, -0.15) is 0 Å². The highest BCUT2D eigenvalue weighted by Crippen LogP contribution is 2.66. The van der Waals surface area contributed by atoms with Gasteiger partial charge in [0, 0.05) is 10.9 Å². The monoisotopic (exact) mass is 539 g/mol. The Morgan fingerprint density at radius 1 is 0.686 bits per heavy atom. The number of amides is 2. The maximum atomic E-state index is 14.0. The van der Waals surface area contributed by atoms with E-state index in [0.717, 1.165) is 33.4 Å². The van der Waals surface area contributed by atoms with E-state index in [9.17, 15) is 9.59 Å². The predicted molar refractivity (Wildman–Crippen MR) is 141 cm³/mol. The minimum absolute atomic E-state index is 0.128. The number of imide groups is 1. The second-order valence-corrected chi connectivity index (χ2v) is 11.1. The zero-order valence-electron chi connectivity index (χ0n) is 18.5. The highest BCUT2D eigenvalue weighted by molar-refractivity contribution is 9.09. The molecule has 1 saturated heterocycles. The first-order chi connectivity index (χ1) is 17.0. The van der Waals surface area contributed by atoms with Gasteiger partial charge < -0.3 is 0 Å². The number of benzene rings is 4. The van der Waals surface area contributed by atoms with E-state index in [1.54, 1.807) is 0 Å². The third-order valence-corrected chi connectivity index (χ3v) is 9.42. The van der Waals surface area contributed by atoms with E-state index in [-0.39, 0.29) is 17.7 Å². The van der Waals surface area contributed by atoms with Crippen molar-refractivity contribution in [3.8, 4) is 11.1 Å². The molecule has 4 aromatic rings. The number of alkyl halides is 1. The van der Waals surface area contributed by atoms with Crippen LogP contribution in [0.3, 0.4) is 0 Å². The molecule has 5 heteroatoms. The predicted octanol–water partition coefficient (Wildman–Crippen LogP) is 6.91. The second kappa shape index (κ2) is 7.39. The molecule has 0 N–H and O–H groups in total. The van der Waals surface area contributed by atoms with Crippen LogP contribution in [0.25, 0.3) is 11.1 Å². The number of carbonyl (C=O) groups excluding carboxylic acids is 2. The van der Waals surface area contributed by atoms with Crippen molar-refractivity contribution in [2.75, 3.05) is 4.90 Å². The van der Waals surface area contributed by atoms with Crippen LogP contribution in [0.1, 0.15) is 28.2 Å². The standard InChI is InChI=1S/C30H19BrClNO2/c31-30-23-7-3-1-5-21(23)25(22-6-2-4-8-24(22)30)26-27(30)29(35)33(28(26)34)20-15-11-18(12-16-20)17-9-13-19(32)14-10-17/h1-16,25-27H/t25?,26-,27-,30?/m0/s1. The van der Waals surface area contributed by atoms with Crippen LogP contribution in [0.4, 0.5) is 5.69 Å². The summed E-state index contributed by atoms with van der Waals surface area (Å²) in [5, 5.41) is 0.682. The lowest BCUT2D eigenvalue weighted by Crippen LogP contribution is -2.50. The molecule has 0 spiro atoms. The van der Waals surface area contributed by atoms with Gasteiger partial charge in [-0.3, -0.25) is 9.59 Å². The quantitative estimate of drug-likeness (QED) is 0.205. The van der Waals surface area contributed by atoms with Crippen LogP contribution in [0.5, 0.6) is 0 Å². The van der Waals surface area contributed by atoms with Gasteiger partial charge in [-0.25, -0.2) is 4.90 Å². The lowest BCUT2D eigenvalue weighted by atomic mass is 9.55. The summed E-state index contributed by atoms with van der Waals surface area (Å²) in [4.78, 5) is 29.4. The molecule has 4 aromatic carbocycles. The Morgan fingerprint density at radius 2 is 1.20 bits per heavy atom. The van der Waals surface area contributed by atoms with E-state index >= 15 is 0 Å². The largest absolute Gasteiger partial charge is 0.274 e. The van der Waals surface area contributed by atoms with Crippen LogP contribution in [0.2, 0.25) is 5.02 Å². The maximum absolute atomic E-state index is 14.0. The molecule has 0 unspecified atom stereocenters. The third kappa shape index (κ3) is 2.72. The van der Waals surface area contributed by atoms with Crippen LogP contribution >= 0.6 is 27.5 Å². The fourth-order valence-electron chi connectivity index (χ4n) is 6.38. The van der Waals surface area contributed by atoms with Crippen molar-refractivity contribution in [1.29, 1.82) is 0 Å². The Kier molecular flexibility index (Phi) is 4.46. The van der Waals surface area contributed by atoms with Gasteiger partial charge >= 0.3 is 0 Å². The van der Waals surface area contributed by atoms with Gasteiger partial charge in [0.2, 0.25) is 11.8 Å². The minimum atomic E-state index is -0.732. The highest BCUT2D eigenvalue weighted by Gasteiger charge is 2.67. The zero-order chi connectivity index (χ0) is 23.9. The summed E-state index contributed by atoms with van der Waals surface area (Å²) in [6.07, 6.45) is 0. The number of hydrogen-bond donors (Lipinski definition) is 0. The zero-order valence-corrected chi connectivity index (χ0v) is 20.8. The molecule has 0 radical (unpaired) electrons. The van der Waals surface area contributed by atoms with Crippen molar-refractivity contribution in [2.24, 2.45) is 11.8 Å². The van der Waals surface area contributed by atoms with Crippen molar-refractivity contribution in [3.05, 3.63) is 124 Å². The van der Waals surface area contributed by atoms with E-state index in [1.165, 1.54) is 4.90 Å².